The van der Waals surface area contributed by atoms with E-state index in [1.54, 1.807) is 18.2 Å². The fourth-order valence-corrected chi connectivity index (χ4v) is 1.26. The SMILES string of the molecule is C=Cc1ccc(S(=O)(=O)O)cc1.[H-].[Na+]. The summed E-state index contributed by atoms with van der Waals surface area (Å²) in [5, 5.41) is 0. The minimum atomic E-state index is -4.06. The van der Waals surface area contributed by atoms with Gasteiger partial charge in [-0.25, -0.2) is 0 Å². The molecular formula is C8H9NaO3S. The van der Waals surface area contributed by atoms with E-state index in [-0.39, 0.29) is 35.9 Å². The van der Waals surface area contributed by atoms with E-state index >= 15 is 0 Å². The molecule has 0 saturated carbocycles. The van der Waals surface area contributed by atoms with Gasteiger partial charge in [-0.05, 0) is 17.7 Å². The van der Waals surface area contributed by atoms with E-state index in [1.165, 1.54) is 12.1 Å². The van der Waals surface area contributed by atoms with Crippen LogP contribution in [0.5, 0.6) is 0 Å². The molecule has 1 N–H and O–H groups in total. The summed E-state index contributed by atoms with van der Waals surface area (Å²) in [6, 6.07) is 5.78. The van der Waals surface area contributed by atoms with Gasteiger partial charge in [0.15, 0.2) is 0 Å². The van der Waals surface area contributed by atoms with Gasteiger partial charge in [0, 0.05) is 0 Å². The number of hydrogen-bond donors (Lipinski definition) is 1. The Balaban J connectivity index is 0. The Morgan fingerprint density at radius 3 is 2.08 bits per heavy atom. The normalized spacial score (nSPS) is 10.2. The minimum Gasteiger partial charge on any atom is -1.00 e. The fourth-order valence-electron chi connectivity index (χ4n) is 0.776. The molecule has 0 aromatic heterocycles. The first-order chi connectivity index (χ1) is 5.54. The maximum atomic E-state index is 10.6. The first kappa shape index (κ1) is 12.9. The first-order valence-electron chi connectivity index (χ1n) is 3.24. The smallest absolute Gasteiger partial charge is 1.00 e. The van der Waals surface area contributed by atoms with Gasteiger partial charge in [-0.3, -0.25) is 4.55 Å². The molecule has 13 heavy (non-hydrogen) atoms. The van der Waals surface area contributed by atoms with Gasteiger partial charge < -0.3 is 1.43 Å². The molecule has 0 spiro atoms. The van der Waals surface area contributed by atoms with Crippen LogP contribution in [0.1, 0.15) is 6.99 Å². The predicted molar refractivity (Wildman–Crippen MR) is 47.5 cm³/mol. The van der Waals surface area contributed by atoms with Crippen LogP contribution in [0.4, 0.5) is 0 Å². The summed E-state index contributed by atoms with van der Waals surface area (Å²) in [5.41, 5.74) is 0.808. The summed E-state index contributed by atoms with van der Waals surface area (Å²) in [7, 11) is -4.06. The van der Waals surface area contributed by atoms with E-state index in [0.717, 1.165) is 5.56 Å². The van der Waals surface area contributed by atoms with Crippen LogP contribution in [0, 0.1) is 0 Å². The molecule has 0 heterocycles. The maximum Gasteiger partial charge on any atom is 1.00 e. The minimum absolute atomic E-state index is 0. The van der Waals surface area contributed by atoms with Crippen molar-refractivity contribution in [3.05, 3.63) is 36.4 Å². The molecule has 1 rings (SSSR count). The molecule has 0 aliphatic heterocycles. The van der Waals surface area contributed by atoms with Crippen molar-refractivity contribution in [3.8, 4) is 0 Å². The standard InChI is InChI=1S/C8H8O3S.Na.H/c1-2-7-3-5-8(6-4-7)12(9,10)11;;/h2-6H,1H2,(H,9,10,11);;/q;+1;-1. The Hall–Kier alpha value is -0.130. The summed E-state index contributed by atoms with van der Waals surface area (Å²) in [6.45, 7) is 3.51. The van der Waals surface area contributed by atoms with Crippen LogP contribution in [0.25, 0.3) is 6.08 Å². The van der Waals surface area contributed by atoms with Gasteiger partial charge in [-0.1, -0.05) is 24.8 Å². The topological polar surface area (TPSA) is 54.4 Å². The molecule has 5 heteroatoms. The van der Waals surface area contributed by atoms with Gasteiger partial charge in [0.1, 0.15) is 0 Å². The van der Waals surface area contributed by atoms with Crippen LogP contribution in [0.15, 0.2) is 35.7 Å². The summed E-state index contributed by atoms with van der Waals surface area (Å²) >= 11 is 0. The second-order valence-electron chi connectivity index (χ2n) is 2.25. The molecular weight excluding hydrogens is 199 g/mol. The van der Waals surface area contributed by atoms with Gasteiger partial charge in [0.25, 0.3) is 10.1 Å². The van der Waals surface area contributed by atoms with Crippen molar-refractivity contribution in [2.45, 2.75) is 4.90 Å². The van der Waals surface area contributed by atoms with Gasteiger partial charge >= 0.3 is 29.6 Å². The molecule has 66 valence electrons. The maximum absolute atomic E-state index is 10.6. The van der Waals surface area contributed by atoms with Crippen molar-refractivity contribution < 1.29 is 44.0 Å². The van der Waals surface area contributed by atoms with E-state index in [1.807, 2.05) is 0 Å². The largest absolute Gasteiger partial charge is 1.00 e. The molecule has 0 saturated heterocycles. The second-order valence-corrected chi connectivity index (χ2v) is 3.67. The van der Waals surface area contributed by atoms with Crippen LogP contribution in [0.2, 0.25) is 0 Å². The average molecular weight is 208 g/mol. The van der Waals surface area contributed by atoms with E-state index < -0.39 is 10.1 Å². The van der Waals surface area contributed by atoms with Gasteiger partial charge in [0.05, 0.1) is 4.90 Å². The second kappa shape index (κ2) is 4.93. The van der Waals surface area contributed by atoms with Crippen molar-refractivity contribution >= 4 is 16.2 Å². The van der Waals surface area contributed by atoms with E-state index in [9.17, 15) is 8.42 Å². The third-order valence-electron chi connectivity index (χ3n) is 1.41. The summed E-state index contributed by atoms with van der Waals surface area (Å²) < 4.78 is 29.7. The van der Waals surface area contributed by atoms with E-state index in [4.69, 9.17) is 4.55 Å². The van der Waals surface area contributed by atoms with Crippen molar-refractivity contribution in [1.82, 2.24) is 0 Å². The molecule has 0 atom stereocenters. The van der Waals surface area contributed by atoms with Gasteiger partial charge in [-0.2, -0.15) is 8.42 Å². The molecule has 0 aliphatic rings. The molecule has 0 unspecified atom stereocenters. The Labute approximate surface area is 101 Å². The van der Waals surface area contributed by atoms with Crippen molar-refractivity contribution in [2.24, 2.45) is 0 Å². The zero-order chi connectivity index (χ0) is 9.19. The van der Waals surface area contributed by atoms with Crippen LogP contribution in [0.3, 0.4) is 0 Å². The molecule has 0 fully saturated rings. The Bertz CT molecular complexity index is 386. The van der Waals surface area contributed by atoms with Crippen molar-refractivity contribution in [3.63, 3.8) is 0 Å². The Morgan fingerprint density at radius 2 is 1.77 bits per heavy atom. The molecule has 1 aromatic rings. The predicted octanol–water partition coefficient (Wildman–Crippen LogP) is -1.31. The Kier molecular flexibility index (Phi) is 4.88. The fraction of sp³-hybridized carbons (Fsp3) is 0. The quantitative estimate of drug-likeness (QED) is 0.485. The number of benzene rings is 1. The van der Waals surface area contributed by atoms with Gasteiger partial charge in [-0.15, -0.1) is 0 Å². The van der Waals surface area contributed by atoms with Gasteiger partial charge in [0.2, 0.25) is 0 Å². The molecule has 0 bridgehead atoms. The number of hydrogen-bond acceptors (Lipinski definition) is 2. The van der Waals surface area contributed by atoms with Crippen molar-refractivity contribution in [2.75, 3.05) is 0 Å². The number of rotatable bonds is 2. The third kappa shape index (κ3) is 3.62. The molecule has 1 aromatic carbocycles. The zero-order valence-corrected chi connectivity index (χ0v) is 10.1. The van der Waals surface area contributed by atoms with E-state index in [2.05, 4.69) is 6.58 Å². The summed E-state index contributed by atoms with van der Waals surface area (Å²) in [5.74, 6) is 0. The monoisotopic (exact) mass is 208 g/mol. The zero-order valence-electron chi connectivity index (χ0n) is 8.27. The molecule has 0 amide bonds. The van der Waals surface area contributed by atoms with E-state index in [0.29, 0.717) is 0 Å². The molecule has 0 aliphatic carbocycles. The van der Waals surface area contributed by atoms with Crippen LogP contribution < -0.4 is 29.6 Å². The third-order valence-corrected chi connectivity index (χ3v) is 2.28. The van der Waals surface area contributed by atoms with Crippen LogP contribution in [-0.2, 0) is 10.1 Å². The van der Waals surface area contributed by atoms with Crippen LogP contribution >= 0.6 is 0 Å². The molecule has 0 radical (unpaired) electrons. The Morgan fingerprint density at radius 1 is 1.31 bits per heavy atom. The average Bonchev–Trinajstić information content (AvgIpc) is 2.03. The van der Waals surface area contributed by atoms with Crippen molar-refractivity contribution in [1.29, 1.82) is 0 Å². The first-order valence-corrected chi connectivity index (χ1v) is 4.68. The summed E-state index contributed by atoms with van der Waals surface area (Å²) in [6.07, 6.45) is 1.59. The van der Waals surface area contributed by atoms with Crippen LogP contribution in [-0.4, -0.2) is 13.0 Å². The molecule has 3 nitrogen and oxygen atoms in total. The summed E-state index contributed by atoms with van der Waals surface area (Å²) in [4.78, 5) is -0.104.